The summed E-state index contributed by atoms with van der Waals surface area (Å²) in [5.74, 6) is -1.35. The van der Waals surface area contributed by atoms with E-state index in [9.17, 15) is 13.6 Å². The van der Waals surface area contributed by atoms with Gasteiger partial charge in [0.25, 0.3) is 5.91 Å². The molecule has 0 saturated heterocycles. The van der Waals surface area contributed by atoms with Crippen molar-refractivity contribution in [3.63, 3.8) is 0 Å². The Hall–Kier alpha value is -1.75. The highest BCUT2D eigenvalue weighted by Crippen LogP contribution is 2.20. The van der Waals surface area contributed by atoms with E-state index in [4.69, 9.17) is 0 Å². The highest BCUT2D eigenvalue weighted by atomic mass is 79.9. The van der Waals surface area contributed by atoms with E-state index in [2.05, 4.69) is 21.2 Å². The van der Waals surface area contributed by atoms with Gasteiger partial charge < -0.3 is 5.32 Å². The standard InChI is InChI=1S/C13H8BrF2NO/c14-11-7-10(4-5-12(11)16)17-13(18)8-2-1-3-9(15)6-8/h1-7H,(H,17,18). The van der Waals surface area contributed by atoms with Crippen LogP contribution < -0.4 is 5.32 Å². The van der Waals surface area contributed by atoms with Crippen molar-refractivity contribution in [1.29, 1.82) is 0 Å². The van der Waals surface area contributed by atoms with Gasteiger partial charge in [0, 0.05) is 11.3 Å². The maximum Gasteiger partial charge on any atom is 0.255 e. The quantitative estimate of drug-likeness (QED) is 0.893. The van der Waals surface area contributed by atoms with Crippen LogP contribution in [0.25, 0.3) is 0 Å². The predicted octanol–water partition coefficient (Wildman–Crippen LogP) is 3.98. The van der Waals surface area contributed by atoms with Crippen LogP contribution in [0.3, 0.4) is 0 Å². The summed E-state index contributed by atoms with van der Waals surface area (Å²) in [6, 6.07) is 9.43. The van der Waals surface area contributed by atoms with E-state index in [-0.39, 0.29) is 10.0 Å². The molecule has 0 heterocycles. The Morgan fingerprint density at radius 2 is 1.89 bits per heavy atom. The van der Waals surface area contributed by atoms with Gasteiger partial charge in [-0.25, -0.2) is 8.78 Å². The number of rotatable bonds is 2. The first-order valence-electron chi connectivity index (χ1n) is 5.08. The zero-order chi connectivity index (χ0) is 13.1. The van der Waals surface area contributed by atoms with Crippen molar-refractivity contribution in [3.05, 3.63) is 64.1 Å². The average molecular weight is 312 g/mol. The number of hydrogen-bond donors (Lipinski definition) is 1. The molecule has 5 heteroatoms. The minimum atomic E-state index is -0.483. The largest absolute Gasteiger partial charge is 0.322 e. The Kier molecular flexibility index (Phi) is 3.72. The highest BCUT2D eigenvalue weighted by Gasteiger charge is 2.08. The van der Waals surface area contributed by atoms with Crippen molar-refractivity contribution in [1.82, 2.24) is 0 Å². The summed E-state index contributed by atoms with van der Waals surface area (Å²) in [7, 11) is 0. The van der Waals surface area contributed by atoms with E-state index in [1.54, 1.807) is 0 Å². The van der Waals surface area contributed by atoms with E-state index in [1.807, 2.05) is 0 Å². The maximum absolute atomic E-state index is 13.0. The predicted molar refractivity (Wildman–Crippen MR) is 68.5 cm³/mol. The molecule has 2 aromatic rings. The summed E-state index contributed by atoms with van der Waals surface area (Å²) in [6.07, 6.45) is 0. The molecule has 1 N–H and O–H groups in total. The number of anilines is 1. The van der Waals surface area contributed by atoms with Crippen molar-refractivity contribution in [2.75, 3.05) is 5.32 Å². The number of benzene rings is 2. The molecule has 0 aliphatic rings. The van der Waals surface area contributed by atoms with Gasteiger partial charge in [-0.3, -0.25) is 4.79 Å². The Morgan fingerprint density at radius 1 is 1.11 bits per heavy atom. The van der Waals surface area contributed by atoms with Gasteiger partial charge in [-0.05, 0) is 52.3 Å². The van der Waals surface area contributed by atoms with E-state index in [0.717, 1.165) is 6.07 Å². The van der Waals surface area contributed by atoms with Gasteiger partial charge in [0.2, 0.25) is 0 Å². The maximum atomic E-state index is 13.0. The average Bonchev–Trinajstić information content (AvgIpc) is 2.34. The van der Waals surface area contributed by atoms with Crippen LogP contribution in [0.4, 0.5) is 14.5 Å². The molecule has 1 amide bonds. The molecular weight excluding hydrogens is 304 g/mol. The molecule has 0 aromatic heterocycles. The first-order valence-corrected chi connectivity index (χ1v) is 5.87. The lowest BCUT2D eigenvalue weighted by Crippen LogP contribution is -2.12. The summed E-state index contributed by atoms with van der Waals surface area (Å²) < 4.78 is 26.2. The molecule has 0 fully saturated rings. The molecule has 2 rings (SSSR count). The van der Waals surface area contributed by atoms with Gasteiger partial charge in [0.1, 0.15) is 11.6 Å². The van der Waals surface area contributed by atoms with E-state index in [0.29, 0.717) is 5.69 Å². The van der Waals surface area contributed by atoms with Crippen molar-refractivity contribution < 1.29 is 13.6 Å². The lowest BCUT2D eigenvalue weighted by Gasteiger charge is -2.06. The molecule has 0 saturated carbocycles. The van der Waals surface area contributed by atoms with Gasteiger partial charge in [-0.2, -0.15) is 0 Å². The van der Waals surface area contributed by atoms with Crippen LogP contribution in [0, 0.1) is 11.6 Å². The second-order valence-electron chi connectivity index (χ2n) is 3.59. The third-order valence-electron chi connectivity index (χ3n) is 2.26. The van der Waals surface area contributed by atoms with Crippen LogP contribution in [0.1, 0.15) is 10.4 Å². The van der Waals surface area contributed by atoms with Crippen LogP contribution in [-0.4, -0.2) is 5.91 Å². The molecule has 2 aromatic carbocycles. The Balaban J connectivity index is 2.18. The third kappa shape index (κ3) is 2.92. The molecule has 0 aliphatic heterocycles. The van der Waals surface area contributed by atoms with Crippen LogP contribution in [-0.2, 0) is 0 Å². The van der Waals surface area contributed by atoms with Crippen LogP contribution in [0.15, 0.2) is 46.9 Å². The molecule has 0 bridgehead atoms. The topological polar surface area (TPSA) is 29.1 Å². The normalized spacial score (nSPS) is 10.2. The fraction of sp³-hybridized carbons (Fsp3) is 0. The van der Waals surface area contributed by atoms with Crippen LogP contribution >= 0.6 is 15.9 Å². The first-order chi connectivity index (χ1) is 8.56. The number of halogens is 3. The molecule has 0 atom stereocenters. The van der Waals surface area contributed by atoms with Crippen molar-refractivity contribution >= 4 is 27.5 Å². The van der Waals surface area contributed by atoms with Crippen LogP contribution in [0.5, 0.6) is 0 Å². The minimum Gasteiger partial charge on any atom is -0.322 e. The molecule has 0 unspecified atom stereocenters. The first kappa shape index (κ1) is 12.7. The smallest absolute Gasteiger partial charge is 0.255 e. The second kappa shape index (κ2) is 5.27. The minimum absolute atomic E-state index is 0.204. The SMILES string of the molecule is O=C(Nc1ccc(F)c(Br)c1)c1cccc(F)c1. The van der Waals surface area contributed by atoms with Gasteiger partial charge in [0.15, 0.2) is 0 Å². The van der Waals surface area contributed by atoms with Crippen molar-refractivity contribution in [2.45, 2.75) is 0 Å². The monoisotopic (exact) mass is 311 g/mol. The molecule has 2 nitrogen and oxygen atoms in total. The number of nitrogens with one attached hydrogen (secondary N) is 1. The number of carbonyl (C=O) groups is 1. The van der Waals surface area contributed by atoms with Gasteiger partial charge in [-0.15, -0.1) is 0 Å². The van der Waals surface area contributed by atoms with E-state index >= 15 is 0 Å². The summed E-state index contributed by atoms with van der Waals surface area (Å²) in [5, 5.41) is 2.55. The zero-order valence-electron chi connectivity index (χ0n) is 9.08. The lowest BCUT2D eigenvalue weighted by atomic mass is 10.2. The van der Waals surface area contributed by atoms with Gasteiger partial charge >= 0.3 is 0 Å². The van der Waals surface area contributed by atoms with Crippen molar-refractivity contribution in [3.8, 4) is 0 Å². The molecular formula is C13H8BrF2NO. The number of hydrogen-bond acceptors (Lipinski definition) is 1. The van der Waals surface area contributed by atoms with Crippen LogP contribution in [0.2, 0.25) is 0 Å². The molecule has 0 radical (unpaired) electrons. The molecule has 0 spiro atoms. The fourth-order valence-corrected chi connectivity index (χ4v) is 1.79. The summed E-state index contributed by atoms with van der Waals surface area (Å²) in [5.41, 5.74) is 0.632. The number of carbonyl (C=O) groups excluding carboxylic acids is 1. The molecule has 92 valence electrons. The van der Waals surface area contributed by atoms with Gasteiger partial charge in [-0.1, -0.05) is 6.07 Å². The third-order valence-corrected chi connectivity index (χ3v) is 2.87. The molecule has 18 heavy (non-hydrogen) atoms. The van der Waals surface area contributed by atoms with Gasteiger partial charge in [0.05, 0.1) is 4.47 Å². The Labute approximate surface area is 111 Å². The van der Waals surface area contributed by atoms with E-state index < -0.39 is 17.5 Å². The summed E-state index contributed by atoms with van der Waals surface area (Å²) in [4.78, 5) is 11.8. The summed E-state index contributed by atoms with van der Waals surface area (Å²) >= 11 is 3.02. The Bertz CT molecular complexity index is 601. The highest BCUT2D eigenvalue weighted by molar-refractivity contribution is 9.10. The Morgan fingerprint density at radius 3 is 2.56 bits per heavy atom. The summed E-state index contributed by atoms with van der Waals surface area (Å²) in [6.45, 7) is 0. The lowest BCUT2D eigenvalue weighted by molar-refractivity contribution is 0.102. The fourth-order valence-electron chi connectivity index (χ4n) is 1.41. The number of amides is 1. The van der Waals surface area contributed by atoms with Crippen molar-refractivity contribution in [2.24, 2.45) is 0 Å². The second-order valence-corrected chi connectivity index (χ2v) is 4.45. The zero-order valence-corrected chi connectivity index (χ0v) is 10.7. The van der Waals surface area contributed by atoms with E-state index in [1.165, 1.54) is 36.4 Å². The molecule has 0 aliphatic carbocycles.